The summed E-state index contributed by atoms with van der Waals surface area (Å²) in [4.78, 5) is 2.31. The summed E-state index contributed by atoms with van der Waals surface area (Å²) in [7, 11) is 0. The van der Waals surface area contributed by atoms with Gasteiger partial charge < -0.3 is 20.1 Å². The molecule has 0 unspecified atom stereocenters. The van der Waals surface area contributed by atoms with Crippen molar-refractivity contribution in [1.82, 2.24) is 5.32 Å². The summed E-state index contributed by atoms with van der Waals surface area (Å²) < 4.78 is 6.02. The van der Waals surface area contributed by atoms with Gasteiger partial charge in [0.05, 0.1) is 17.9 Å². The van der Waals surface area contributed by atoms with E-state index in [1.165, 1.54) is 5.56 Å². The number of piperidine rings is 1. The number of nitrogens with zero attached hydrogens (tertiary/aromatic N) is 1. The van der Waals surface area contributed by atoms with Crippen LogP contribution in [0.3, 0.4) is 0 Å². The van der Waals surface area contributed by atoms with Crippen molar-refractivity contribution in [3.63, 3.8) is 0 Å². The number of nitrogens with one attached hydrogen (secondary N) is 1. The summed E-state index contributed by atoms with van der Waals surface area (Å²) in [6, 6.07) is 6.40. The first-order chi connectivity index (χ1) is 10.6. The second-order valence-electron chi connectivity index (χ2n) is 6.11. The molecule has 0 radical (unpaired) electrons. The molecule has 0 atom stereocenters. The maximum absolute atomic E-state index is 9.68. The molecule has 22 heavy (non-hydrogen) atoms. The zero-order chi connectivity index (χ0) is 15.9. The highest BCUT2D eigenvalue weighted by Crippen LogP contribution is 2.32. The molecule has 1 saturated heterocycles. The van der Waals surface area contributed by atoms with Crippen LogP contribution in [0, 0.1) is 0 Å². The maximum atomic E-state index is 9.68. The fourth-order valence-electron chi connectivity index (χ4n) is 2.70. The van der Waals surface area contributed by atoms with Crippen molar-refractivity contribution in [2.75, 3.05) is 24.5 Å². The third-order valence-corrected chi connectivity index (χ3v) is 3.81. The summed E-state index contributed by atoms with van der Waals surface area (Å²) in [6.07, 6.45) is 3.49. The minimum Gasteiger partial charge on any atom is -0.489 e. The summed E-state index contributed by atoms with van der Waals surface area (Å²) in [5, 5.41) is 13.0. The lowest BCUT2D eigenvalue weighted by molar-refractivity contribution is 0.145. The Bertz CT molecular complexity index is 480. The normalized spacial score (nSPS) is 16.1. The van der Waals surface area contributed by atoms with Crippen LogP contribution < -0.4 is 15.0 Å². The molecule has 1 aromatic rings. The lowest BCUT2D eigenvalue weighted by Gasteiger charge is -2.33. The van der Waals surface area contributed by atoms with Gasteiger partial charge in [-0.25, -0.2) is 0 Å². The van der Waals surface area contributed by atoms with Crippen LogP contribution in [0.2, 0.25) is 0 Å². The SMILES string of the molecule is C=CCNCc1ccc(N2CCC(O)CC2)c(OC(C)C)c1. The Morgan fingerprint density at radius 2 is 2.14 bits per heavy atom. The zero-order valence-electron chi connectivity index (χ0n) is 13.7. The molecule has 2 rings (SSSR count). The molecule has 122 valence electrons. The lowest BCUT2D eigenvalue weighted by Crippen LogP contribution is -2.36. The second kappa shape index (κ2) is 8.20. The van der Waals surface area contributed by atoms with Crippen LogP contribution in [0.5, 0.6) is 5.75 Å². The highest BCUT2D eigenvalue weighted by molar-refractivity contribution is 5.60. The third-order valence-electron chi connectivity index (χ3n) is 3.81. The Morgan fingerprint density at radius 1 is 1.41 bits per heavy atom. The molecule has 0 saturated carbocycles. The fraction of sp³-hybridized carbons (Fsp3) is 0.556. The van der Waals surface area contributed by atoms with Gasteiger partial charge in [0, 0.05) is 26.2 Å². The molecule has 0 spiro atoms. The standard InChI is InChI=1S/C18H28N2O2/c1-4-9-19-13-15-5-6-17(18(12-15)22-14(2)3)20-10-7-16(21)8-11-20/h4-6,12,14,16,19,21H,1,7-11,13H2,2-3H3. The molecule has 1 fully saturated rings. The van der Waals surface area contributed by atoms with Crippen LogP contribution in [0.15, 0.2) is 30.9 Å². The van der Waals surface area contributed by atoms with E-state index in [4.69, 9.17) is 4.74 Å². The Kier molecular flexibility index (Phi) is 6.28. The number of hydrogen-bond donors (Lipinski definition) is 2. The van der Waals surface area contributed by atoms with Gasteiger partial charge in [0.2, 0.25) is 0 Å². The highest BCUT2D eigenvalue weighted by atomic mass is 16.5. The molecule has 1 heterocycles. The van der Waals surface area contributed by atoms with E-state index in [0.29, 0.717) is 0 Å². The van der Waals surface area contributed by atoms with E-state index in [9.17, 15) is 5.11 Å². The second-order valence-corrected chi connectivity index (χ2v) is 6.11. The van der Waals surface area contributed by atoms with Crippen molar-refractivity contribution in [2.45, 2.75) is 45.4 Å². The van der Waals surface area contributed by atoms with Gasteiger partial charge in [-0.05, 0) is 44.4 Å². The van der Waals surface area contributed by atoms with Gasteiger partial charge in [0.1, 0.15) is 5.75 Å². The van der Waals surface area contributed by atoms with Crippen LogP contribution in [-0.2, 0) is 6.54 Å². The zero-order valence-corrected chi connectivity index (χ0v) is 13.7. The van der Waals surface area contributed by atoms with Crippen molar-refractivity contribution < 1.29 is 9.84 Å². The number of hydrogen-bond acceptors (Lipinski definition) is 4. The van der Waals surface area contributed by atoms with Gasteiger partial charge in [-0.15, -0.1) is 6.58 Å². The molecule has 0 bridgehead atoms. The van der Waals surface area contributed by atoms with Crippen molar-refractivity contribution >= 4 is 5.69 Å². The largest absolute Gasteiger partial charge is 0.489 e. The van der Waals surface area contributed by atoms with Crippen LogP contribution >= 0.6 is 0 Å². The van der Waals surface area contributed by atoms with E-state index in [1.54, 1.807) is 0 Å². The van der Waals surface area contributed by atoms with Crippen molar-refractivity contribution in [1.29, 1.82) is 0 Å². The molecule has 0 amide bonds. The topological polar surface area (TPSA) is 44.7 Å². The number of aliphatic hydroxyl groups excluding tert-OH is 1. The smallest absolute Gasteiger partial charge is 0.143 e. The number of rotatable bonds is 7. The first-order valence-corrected chi connectivity index (χ1v) is 8.14. The van der Waals surface area contributed by atoms with E-state index < -0.39 is 0 Å². The van der Waals surface area contributed by atoms with E-state index in [-0.39, 0.29) is 12.2 Å². The Morgan fingerprint density at radius 3 is 2.77 bits per heavy atom. The number of benzene rings is 1. The quantitative estimate of drug-likeness (QED) is 0.600. The molecule has 4 heteroatoms. The molecule has 1 aliphatic rings. The predicted octanol–water partition coefficient (Wildman–Crippen LogP) is 2.71. The Hall–Kier alpha value is -1.52. The summed E-state index contributed by atoms with van der Waals surface area (Å²) in [5.74, 6) is 0.935. The fourth-order valence-corrected chi connectivity index (χ4v) is 2.70. The van der Waals surface area contributed by atoms with E-state index in [0.717, 1.165) is 50.5 Å². The van der Waals surface area contributed by atoms with Crippen LogP contribution in [0.4, 0.5) is 5.69 Å². The molecule has 0 aromatic heterocycles. The molecular weight excluding hydrogens is 276 g/mol. The minimum atomic E-state index is -0.159. The van der Waals surface area contributed by atoms with E-state index in [1.807, 2.05) is 19.9 Å². The summed E-state index contributed by atoms with van der Waals surface area (Å²) in [6.45, 7) is 11.2. The Balaban J connectivity index is 2.14. The average molecular weight is 304 g/mol. The number of anilines is 1. The van der Waals surface area contributed by atoms with Gasteiger partial charge in [-0.2, -0.15) is 0 Å². The lowest BCUT2D eigenvalue weighted by atomic mass is 10.1. The van der Waals surface area contributed by atoms with Gasteiger partial charge in [-0.3, -0.25) is 0 Å². The minimum absolute atomic E-state index is 0.144. The predicted molar refractivity (Wildman–Crippen MR) is 91.6 cm³/mol. The van der Waals surface area contributed by atoms with Crippen LogP contribution in [-0.4, -0.2) is 36.9 Å². The summed E-state index contributed by atoms with van der Waals surface area (Å²) in [5.41, 5.74) is 2.34. The first kappa shape index (κ1) is 16.8. The van der Waals surface area contributed by atoms with Crippen molar-refractivity contribution in [2.24, 2.45) is 0 Å². The Labute approximate surface area is 133 Å². The van der Waals surface area contributed by atoms with Gasteiger partial charge >= 0.3 is 0 Å². The van der Waals surface area contributed by atoms with E-state index in [2.05, 4.69) is 35.0 Å². The van der Waals surface area contributed by atoms with Crippen molar-refractivity contribution in [3.8, 4) is 5.75 Å². The van der Waals surface area contributed by atoms with Gasteiger partial charge in [0.15, 0.2) is 0 Å². The van der Waals surface area contributed by atoms with Gasteiger partial charge in [0.25, 0.3) is 0 Å². The molecule has 1 aliphatic heterocycles. The van der Waals surface area contributed by atoms with E-state index >= 15 is 0 Å². The van der Waals surface area contributed by atoms with Crippen LogP contribution in [0.1, 0.15) is 32.3 Å². The molecule has 2 N–H and O–H groups in total. The molecule has 1 aromatic carbocycles. The molecule has 4 nitrogen and oxygen atoms in total. The molecule has 0 aliphatic carbocycles. The maximum Gasteiger partial charge on any atom is 0.143 e. The molecular formula is C18H28N2O2. The first-order valence-electron chi connectivity index (χ1n) is 8.14. The average Bonchev–Trinajstić information content (AvgIpc) is 2.48. The van der Waals surface area contributed by atoms with Gasteiger partial charge in [-0.1, -0.05) is 12.1 Å². The monoisotopic (exact) mass is 304 g/mol. The summed E-state index contributed by atoms with van der Waals surface area (Å²) >= 11 is 0. The number of aliphatic hydroxyl groups is 1. The van der Waals surface area contributed by atoms with Crippen molar-refractivity contribution in [3.05, 3.63) is 36.4 Å². The highest BCUT2D eigenvalue weighted by Gasteiger charge is 2.20. The van der Waals surface area contributed by atoms with Crippen LogP contribution in [0.25, 0.3) is 0 Å². The third kappa shape index (κ3) is 4.75. The number of ether oxygens (including phenoxy) is 1.